The van der Waals surface area contributed by atoms with Crippen LogP contribution in [-0.4, -0.2) is 26.6 Å². The van der Waals surface area contributed by atoms with Gasteiger partial charge in [-0.05, 0) is 31.6 Å². The smallest absolute Gasteiger partial charge is 0.338 e. The van der Waals surface area contributed by atoms with Crippen LogP contribution in [-0.2, 0) is 16.1 Å². The summed E-state index contributed by atoms with van der Waals surface area (Å²) in [5.74, 6) is -0.500. The van der Waals surface area contributed by atoms with Crippen LogP contribution in [0.2, 0.25) is 0 Å². The molecule has 3 aromatic carbocycles. The number of carbonyl (C=O) groups excluding carboxylic acids is 1. The summed E-state index contributed by atoms with van der Waals surface area (Å²) in [7, 11) is 0. The molecule has 1 aliphatic rings. The highest BCUT2D eigenvalue weighted by molar-refractivity contribution is 7.07. The van der Waals surface area contributed by atoms with Crippen molar-refractivity contribution in [2.45, 2.75) is 26.4 Å². The van der Waals surface area contributed by atoms with Crippen LogP contribution < -0.4 is 14.9 Å². The van der Waals surface area contributed by atoms with Gasteiger partial charge in [0.2, 0.25) is 0 Å². The van der Waals surface area contributed by atoms with E-state index in [0.717, 1.165) is 22.0 Å². The maximum Gasteiger partial charge on any atom is 0.338 e. The van der Waals surface area contributed by atoms with Gasteiger partial charge in [0.25, 0.3) is 11.2 Å². The summed E-state index contributed by atoms with van der Waals surface area (Å²) in [6.45, 7) is 4.00. The summed E-state index contributed by atoms with van der Waals surface area (Å²) in [6.07, 6.45) is 3.73. The first-order chi connectivity index (χ1) is 20.4. The van der Waals surface area contributed by atoms with E-state index >= 15 is 0 Å². The van der Waals surface area contributed by atoms with E-state index in [1.54, 1.807) is 36.6 Å². The zero-order chi connectivity index (χ0) is 29.4. The number of fused-ring (bicyclic) bond motifs is 2. The Morgan fingerprint density at radius 2 is 1.79 bits per heavy atom. The number of hydrogen-bond acceptors (Lipinski definition) is 7. The molecule has 0 aliphatic carbocycles. The van der Waals surface area contributed by atoms with Crippen molar-refractivity contribution in [2.75, 3.05) is 6.61 Å². The molecule has 1 atom stereocenters. The van der Waals surface area contributed by atoms with Gasteiger partial charge >= 0.3 is 5.97 Å². The molecule has 0 bridgehead atoms. The number of para-hydroxylation sites is 2. The number of hydrogen-bond donors (Lipinski definition) is 0. The lowest BCUT2D eigenvalue weighted by atomic mass is 9.96. The predicted octanol–water partition coefficient (Wildman–Crippen LogP) is 4.71. The van der Waals surface area contributed by atoms with Crippen molar-refractivity contribution in [1.29, 1.82) is 0 Å². The Morgan fingerprint density at radius 3 is 2.55 bits per heavy atom. The highest BCUT2D eigenvalue weighted by atomic mass is 32.1. The summed E-state index contributed by atoms with van der Waals surface area (Å²) in [5, 5.41) is 12.5. The molecule has 0 radical (unpaired) electrons. The Balaban J connectivity index is 1.51. The molecule has 0 fully saturated rings. The van der Waals surface area contributed by atoms with Gasteiger partial charge in [0, 0.05) is 34.3 Å². The summed E-state index contributed by atoms with van der Waals surface area (Å²) in [5.41, 5.74) is 3.68. The minimum Gasteiger partial charge on any atom is -0.463 e. The van der Waals surface area contributed by atoms with Crippen LogP contribution in [0.15, 0.2) is 106 Å². The molecule has 6 rings (SSSR count). The monoisotopic (exact) mass is 578 g/mol. The lowest BCUT2D eigenvalue weighted by molar-refractivity contribution is -0.385. The molecule has 1 aliphatic heterocycles. The molecule has 210 valence electrons. The van der Waals surface area contributed by atoms with E-state index in [1.807, 2.05) is 71.4 Å². The Hall–Kier alpha value is -5.09. The number of allylic oxidation sites excluding steroid dienone is 1. The number of nitro benzene ring substituents is 1. The van der Waals surface area contributed by atoms with E-state index in [0.29, 0.717) is 32.7 Å². The van der Waals surface area contributed by atoms with Crippen LogP contribution in [0.4, 0.5) is 5.69 Å². The molecule has 1 unspecified atom stereocenters. The number of benzene rings is 3. The minimum absolute atomic E-state index is 0.0545. The zero-order valence-corrected chi connectivity index (χ0v) is 23.7. The van der Waals surface area contributed by atoms with E-state index in [9.17, 15) is 19.7 Å². The topological polar surface area (TPSA) is 109 Å². The Bertz CT molecular complexity index is 2070. The maximum atomic E-state index is 14.0. The van der Waals surface area contributed by atoms with E-state index in [1.165, 1.54) is 17.4 Å². The fourth-order valence-corrected chi connectivity index (χ4v) is 6.45. The lowest BCUT2D eigenvalue weighted by Crippen LogP contribution is -2.39. The second-order valence-electron chi connectivity index (χ2n) is 9.83. The number of nitro groups is 1. The summed E-state index contributed by atoms with van der Waals surface area (Å²) >= 11 is 1.26. The van der Waals surface area contributed by atoms with Gasteiger partial charge in [-0.15, -0.1) is 0 Å². The summed E-state index contributed by atoms with van der Waals surface area (Å²) in [4.78, 5) is 43.5. The number of aromatic nitrogens is 2. The van der Waals surface area contributed by atoms with Gasteiger partial charge in [0.1, 0.15) is 0 Å². The van der Waals surface area contributed by atoms with Crippen LogP contribution in [0.25, 0.3) is 17.0 Å². The quantitative estimate of drug-likeness (QED) is 0.158. The summed E-state index contributed by atoms with van der Waals surface area (Å²) in [6, 6.07) is 23.1. The van der Waals surface area contributed by atoms with E-state index in [4.69, 9.17) is 4.74 Å². The van der Waals surface area contributed by atoms with Crippen LogP contribution in [0, 0.1) is 10.1 Å². The average Bonchev–Trinajstić information content (AvgIpc) is 3.49. The highest BCUT2D eigenvalue weighted by Crippen LogP contribution is 2.31. The number of rotatable bonds is 7. The number of carbonyl (C=O) groups is 1. The molecule has 2 aromatic heterocycles. The Kier molecular flexibility index (Phi) is 7.13. The van der Waals surface area contributed by atoms with Gasteiger partial charge in [0.15, 0.2) is 4.80 Å². The highest BCUT2D eigenvalue weighted by Gasteiger charge is 2.33. The Labute approximate surface area is 244 Å². The number of thiazole rings is 1. The third-order valence-corrected chi connectivity index (χ3v) is 8.25. The number of esters is 1. The first-order valence-electron chi connectivity index (χ1n) is 13.4. The molecule has 3 heterocycles. The molecule has 0 saturated carbocycles. The van der Waals surface area contributed by atoms with Gasteiger partial charge in [-0.2, -0.15) is 0 Å². The van der Waals surface area contributed by atoms with Crippen molar-refractivity contribution >= 4 is 40.0 Å². The lowest BCUT2D eigenvalue weighted by Gasteiger charge is -2.24. The SMILES string of the molecule is CCOC(=O)C1=C(C)N=c2s/c(=C/c3cn(Cc4ccccc4[N+](=O)[O-])c4ccccc34)c(=O)n2C1c1ccccc1. The van der Waals surface area contributed by atoms with Crippen LogP contribution in [0.5, 0.6) is 0 Å². The molecule has 0 spiro atoms. The molecule has 42 heavy (non-hydrogen) atoms. The third-order valence-electron chi connectivity index (χ3n) is 7.27. The maximum absolute atomic E-state index is 14.0. The molecule has 0 N–H and O–H groups in total. The molecule has 0 amide bonds. The average molecular weight is 579 g/mol. The van der Waals surface area contributed by atoms with Crippen molar-refractivity contribution in [3.8, 4) is 0 Å². The third kappa shape index (κ3) is 4.75. The summed E-state index contributed by atoms with van der Waals surface area (Å²) < 4.78 is 9.34. The molecule has 10 heteroatoms. The van der Waals surface area contributed by atoms with Gasteiger partial charge in [-0.1, -0.05) is 78.1 Å². The Morgan fingerprint density at radius 1 is 1.07 bits per heavy atom. The number of ether oxygens (including phenoxy) is 1. The van der Waals surface area contributed by atoms with Gasteiger partial charge in [0.05, 0.1) is 39.9 Å². The standard InChI is InChI=1S/C32H26N4O5S/c1-3-41-31(38)28-20(2)33-32-35(29(28)21-11-5-4-6-12-21)30(37)27(42-32)17-23-19-34(26-16-10-8-14-24(23)26)18-22-13-7-9-15-25(22)36(39)40/h4-17,19,29H,3,18H2,1-2H3/b27-17+. The van der Waals surface area contributed by atoms with Gasteiger partial charge in [-0.25, -0.2) is 9.79 Å². The van der Waals surface area contributed by atoms with Crippen molar-refractivity contribution in [3.05, 3.63) is 143 Å². The largest absolute Gasteiger partial charge is 0.463 e. The van der Waals surface area contributed by atoms with E-state index in [-0.39, 0.29) is 22.8 Å². The van der Waals surface area contributed by atoms with Crippen molar-refractivity contribution in [3.63, 3.8) is 0 Å². The van der Waals surface area contributed by atoms with Gasteiger partial charge < -0.3 is 9.30 Å². The fourth-order valence-electron chi connectivity index (χ4n) is 5.41. The molecule has 5 aromatic rings. The molecular weight excluding hydrogens is 552 g/mol. The molecule has 9 nitrogen and oxygen atoms in total. The van der Waals surface area contributed by atoms with Crippen LogP contribution in [0.3, 0.4) is 0 Å². The van der Waals surface area contributed by atoms with Crippen LogP contribution >= 0.6 is 11.3 Å². The van der Waals surface area contributed by atoms with Crippen LogP contribution in [0.1, 0.15) is 36.6 Å². The van der Waals surface area contributed by atoms with Crippen molar-refractivity contribution in [1.82, 2.24) is 9.13 Å². The van der Waals surface area contributed by atoms with Gasteiger partial charge in [-0.3, -0.25) is 19.5 Å². The van der Waals surface area contributed by atoms with E-state index < -0.39 is 12.0 Å². The minimum atomic E-state index is -0.677. The fraction of sp³-hybridized carbons (Fsp3) is 0.156. The van der Waals surface area contributed by atoms with Crippen molar-refractivity contribution in [2.24, 2.45) is 4.99 Å². The normalized spacial score (nSPS) is 15.0. The second-order valence-corrected chi connectivity index (χ2v) is 10.8. The first-order valence-corrected chi connectivity index (χ1v) is 14.2. The van der Waals surface area contributed by atoms with Crippen molar-refractivity contribution < 1.29 is 14.5 Å². The number of nitrogens with zero attached hydrogens (tertiary/aromatic N) is 4. The first kappa shape index (κ1) is 27.1. The molecular formula is C32H26N4O5S. The second kappa shape index (κ2) is 11.1. The molecule has 0 saturated heterocycles. The zero-order valence-electron chi connectivity index (χ0n) is 22.9. The van der Waals surface area contributed by atoms with E-state index in [2.05, 4.69) is 4.99 Å². The predicted molar refractivity (Wildman–Crippen MR) is 161 cm³/mol.